The van der Waals surface area contributed by atoms with Crippen LogP contribution in [0.2, 0.25) is 0 Å². The Morgan fingerprint density at radius 3 is 2.50 bits per heavy atom. The van der Waals surface area contributed by atoms with Gasteiger partial charge in [-0.2, -0.15) is 0 Å². The number of hydrogen-bond acceptors (Lipinski definition) is 5. The van der Waals surface area contributed by atoms with Gasteiger partial charge >= 0.3 is 0 Å². The van der Waals surface area contributed by atoms with Crippen LogP contribution in [0.4, 0.5) is 0 Å². The molecule has 0 radical (unpaired) electrons. The van der Waals surface area contributed by atoms with E-state index in [0.29, 0.717) is 12.2 Å². The fourth-order valence-electron chi connectivity index (χ4n) is 4.31. The van der Waals surface area contributed by atoms with Crippen molar-refractivity contribution < 1.29 is 9.59 Å². The highest BCUT2D eigenvalue weighted by Crippen LogP contribution is 2.28. The van der Waals surface area contributed by atoms with E-state index in [0.717, 1.165) is 42.3 Å². The second-order valence-electron chi connectivity index (χ2n) is 9.71. The van der Waals surface area contributed by atoms with Gasteiger partial charge in [0.15, 0.2) is 5.69 Å². The molecule has 4 rings (SSSR count). The predicted molar refractivity (Wildman–Crippen MR) is 131 cm³/mol. The number of imidazole rings is 1. The lowest BCUT2D eigenvalue weighted by molar-refractivity contribution is -0.124. The van der Waals surface area contributed by atoms with Crippen LogP contribution in [-0.2, 0) is 24.4 Å². The Bertz CT molecular complexity index is 1150. The highest BCUT2D eigenvalue weighted by Gasteiger charge is 2.35. The van der Waals surface area contributed by atoms with E-state index in [1.807, 2.05) is 63.4 Å². The van der Waals surface area contributed by atoms with Crippen LogP contribution in [0.25, 0.3) is 11.4 Å². The van der Waals surface area contributed by atoms with Crippen molar-refractivity contribution in [1.29, 1.82) is 0 Å². The summed E-state index contributed by atoms with van der Waals surface area (Å²) in [6, 6.07) is 13.2. The zero-order valence-electron chi connectivity index (χ0n) is 20.2. The van der Waals surface area contributed by atoms with Crippen LogP contribution in [-0.4, -0.2) is 50.9 Å². The topological polar surface area (TPSA) is 92.2 Å². The number of nitrogens with zero attached hydrogens (tertiary/aromatic N) is 4. The molecule has 1 aromatic carbocycles. The summed E-state index contributed by atoms with van der Waals surface area (Å²) in [6.45, 7) is 8.67. The normalized spacial score (nSPS) is 14.8. The van der Waals surface area contributed by atoms with Crippen LogP contribution in [0, 0.1) is 5.41 Å². The Kier molecular flexibility index (Phi) is 6.79. The van der Waals surface area contributed by atoms with E-state index >= 15 is 0 Å². The first-order chi connectivity index (χ1) is 16.3. The fourth-order valence-corrected chi connectivity index (χ4v) is 4.31. The van der Waals surface area contributed by atoms with E-state index < -0.39 is 11.5 Å². The van der Waals surface area contributed by atoms with Crippen LogP contribution in [0.3, 0.4) is 0 Å². The molecule has 3 heterocycles. The van der Waals surface area contributed by atoms with Crippen LogP contribution in [0.15, 0.2) is 54.9 Å². The number of likely N-dealkylation sites (N-methyl/N-ethyl adjacent to an activating group) is 1. The SMILES string of the molecule is CNC(=O)[C@@H](NC(=O)c1nc(-c2ccccc2)n2c1CN(Cc1cccnc1)CC2)C(C)(C)C. The average Bonchev–Trinajstić information content (AvgIpc) is 3.21. The molecule has 0 saturated heterocycles. The standard InChI is InChI=1S/C26H32N6O2/c1-26(2,3)22(25(34)27-4)30-24(33)21-20-17-31(16-18-9-8-12-28-15-18)13-14-32(20)23(29-21)19-10-6-5-7-11-19/h5-12,15,22H,13-14,16-17H2,1-4H3,(H,27,34)(H,30,33)/t22-/m1/s1. The van der Waals surface area contributed by atoms with Gasteiger partial charge in [-0.3, -0.25) is 19.5 Å². The van der Waals surface area contributed by atoms with Gasteiger partial charge in [-0.05, 0) is 17.0 Å². The van der Waals surface area contributed by atoms with Gasteiger partial charge in [-0.25, -0.2) is 4.98 Å². The van der Waals surface area contributed by atoms with Crippen molar-refractivity contribution in [3.63, 3.8) is 0 Å². The Labute approximate surface area is 200 Å². The molecule has 2 aromatic heterocycles. The van der Waals surface area contributed by atoms with Crippen molar-refractivity contribution in [3.8, 4) is 11.4 Å². The highest BCUT2D eigenvalue weighted by molar-refractivity contribution is 5.97. The zero-order valence-corrected chi connectivity index (χ0v) is 20.2. The number of aromatic nitrogens is 3. The first kappa shape index (κ1) is 23.6. The minimum absolute atomic E-state index is 0.226. The molecule has 34 heavy (non-hydrogen) atoms. The molecule has 0 saturated carbocycles. The van der Waals surface area contributed by atoms with E-state index in [9.17, 15) is 9.59 Å². The molecular weight excluding hydrogens is 428 g/mol. The third kappa shape index (κ3) is 5.02. The molecule has 2 amide bonds. The molecule has 0 spiro atoms. The molecular formula is C26H32N6O2. The molecule has 178 valence electrons. The Morgan fingerprint density at radius 2 is 1.85 bits per heavy atom. The van der Waals surface area contributed by atoms with Crippen molar-refractivity contribution in [2.24, 2.45) is 5.41 Å². The molecule has 3 aromatic rings. The van der Waals surface area contributed by atoms with Gasteiger partial charge in [0.2, 0.25) is 5.91 Å². The highest BCUT2D eigenvalue weighted by atomic mass is 16.2. The fraction of sp³-hybridized carbons (Fsp3) is 0.385. The Morgan fingerprint density at radius 1 is 1.09 bits per heavy atom. The molecule has 1 atom stereocenters. The maximum absolute atomic E-state index is 13.5. The van der Waals surface area contributed by atoms with Gasteiger partial charge in [0.1, 0.15) is 11.9 Å². The summed E-state index contributed by atoms with van der Waals surface area (Å²) in [6.07, 6.45) is 3.63. The van der Waals surface area contributed by atoms with Crippen LogP contribution in [0.5, 0.6) is 0 Å². The van der Waals surface area contributed by atoms with Gasteiger partial charge in [-0.15, -0.1) is 0 Å². The number of hydrogen-bond donors (Lipinski definition) is 2. The monoisotopic (exact) mass is 460 g/mol. The molecule has 0 unspecified atom stereocenters. The number of fused-ring (bicyclic) bond motifs is 1. The van der Waals surface area contributed by atoms with Crippen molar-refractivity contribution in [2.45, 2.75) is 46.4 Å². The first-order valence-corrected chi connectivity index (χ1v) is 11.6. The second kappa shape index (κ2) is 9.77. The van der Waals surface area contributed by atoms with Crippen molar-refractivity contribution >= 4 is 11.8 Å². The van der Waals surface area contributed by atoms with Gasteiger partial charge in [0.25, 0.3) is 5.91 Å². The molecule has 8 nitrogen and oxygen atoms in total. The molecule has 0 bridgehead atoms. The molecule has 2 N–H and O–H groups in total. The largest absolute Gasteiger partial charge is 0.357 e. The van der Waals surface area contributed by atoms with E-state index in [1.165, 1.54) is 0 Å². The first-order valence-electron chi connectivity index (χ1n) is 11.6. The Hall–Kier alpha value is -3.52. The second-order valence-corrected chi connectivity index (χ2v) is 9.71. The summed E-state index contributed by atoms with van der Waals surface area (Å²) in [7, 11) is 1.58. The summed E-state index contributed by atoms with van der Waals surface area (Å²) in [5.74, 6) is 0.210. The number of carbonyl (C=O) groups excluding carboxylic acids is 2. The summed E-state index contributed by atoms with van der Waals surface area (Å²) in [5, 5.41) is 5.61. The molecule has 0 aliphatic carbocycles. The number of pyridine rings is 1. The summed E-state index contributed by atoms with van der Waals surface area (Å²) >= 11 is 0. The third-order valence-electron chi connectivity index (χ3n) is 6.11. The lowest BCUT2D eigenvalue weighted by Gasteiger charge is -2.31. The minimum Gasteiger partial charge on any atom is -0.357 e. The number of carbonyl (C=O) groups is 2. The zero-order chi connectivity index (χ0) is 24.3. The number of nitrogens with one attached hydrogen (secondary N) is 2. The molecule has 1 aliphatic heterocycles. The van der Waals surface area contributed by atoms with E-state index in [2.05, 4.69) is 31.2 Å². The van der Waals surface area contributed by atoms with Gasteiger partial charge in [0.05, 0.1) is 5.69 Å². The van der Waals surface area contributed by atoms with Crippen LogP contribution in [0.1, 0.15) is 42.5 Å². The average molecular weight is 461 g/mol. The van der Waals surface area contributed by atoms with Crippen LogP contribution < -0.4 is 10.6 Å². The maximum atomic E-state index is 13.5. The smallest absolute Gasteiger partial charge is 0.272 e. The molecule has 8 heteroatoms. The van der Waals surface area contributed by atoms with E-state index in [4.69, 9.17) is 4.98 Å². The quantitative estimate of drug-likeness (QED) is 0.590. The number of benzene rings is 1. The lowest BCUT2D eigenvalue weighted by atomic mass is 9.86. The van der Waals surface area contributed by atoms with E-state index in [1.54, 1.807) is 13.2 Å². The number of amides is 2. The van der Waals surface area contributed by atoms with Crippen molar-refractivity contribution in [2.75, 3.05) is 13.6 Å². The van der Waals surface area contributed by atoms with Crippen molar-refractivity contribution in [1.82, 2.24) is 30.1 Å². The molecule has 1 aliphatic rings. The van der Waals surface area contributed by atoms with E-state index in [-0.39, 0.29) is 11.8 Å². The lowest BCUT2D eigenvalue weighted by Crippen LogP contribution is -2.53. The summed E-state index contributed by atoms with van der Waals surface area (Å²) in [4.78, 5) is 37.4. The third-order valence-corrected chi connectivity index (χ3v) is 6.11. The van der Waals surface area contributed by atoms with Crippen molar-refractivity contribution in [3.05, 3.63) is 71.8 Å². The number of rotatable bonds is 6. The van der Waals surface area contributed by atoms with Gasteiger partial charge < -0.3 is 15.2 Å². The van der Waals surface area contributed by atoms with Gasteiger partial charge in [-0.1, -0.05) is 57.2 Å². The minimum atomic E-state index is -0.683. The van der Waals surface area contributed by atoms with Crippen LogP contribution >= 0.6 is 0 Å². The predicted octanol–water partition coefficient (Wildman–Crippen LogP) is 2.85. The maximum Gasteiger partial charge on any atom is 0.272 e. The Balaban J connectivity index is 1.68. The van der Waals surface area contributed by atoms with Gasteiger partial charge in [0, 0.05) is 51.2 Å². The molecule has 0 fully saturated rings. The summed E-state index contributed by atoms with van der Waals surface area (Å²) in [5.41, 5.74) is 2.85. The summed E-state index contributed by atoms with van der Waals surface area (Å²) < 4.78 is 2.13.